The number of piperidine rings is 1. The van der Waals surface area contributed by atoms with Crippen LogP contribution in [-0.2, 0) is 4.79 Å². The first kappa shape index (κ1) is 9.93. The first-order valence-electron chi connectivity index (χ1n) is 5.35. The maximum Gasteiger partial charge on any atom is 0.311 e. The van der Waals surface area contributed by atoms with Crippen LogP contribution in [0.25, 0.3) is 0 Å². The minimum Gasteiger partial charge on any atom is -0.481 e. The molecule has 0 aromatic carbocycles. The molecule has 2 aliphatic rings. The molecule has 1 saturated heterocycles. The lowest BCUT2D eigenvalue weighted by molar-refractivity contribution is -0.151. The van der Waals surface area contributed by atoms with E-state index in [4.69, 9.17) is 10.8 Å². The lowest BCUT2D eigenvalue weighted by atomic mass is 9.78. The number of carbonyl (C=O) groups is 1. The molecule has 0 amide bonds. The molecule has 1 saturated carbocycles. The minimum atomic E-state index is -0.713. The molecule has 0 atom stereocenters. The van der Waals surface area contributed by atoms with Gasteiger partial charge in [-0.25, -0.2) is 0 Å². The molecule has 3 N–H and O–H groups in total. The average Bonchev–Trinajstić information content (AvgIpc) is 3.01. The maximum absolute atomic E-state index is 11.1. The molecule has 0 unspecified atom stereocenters. The molecule has 0 aromatic heterocycles. The van der Waals surface area contributed by atoms with Gasteiger partial charge in [-0.05, 0) is 38.8 Å². The monoisotopic (exact) mass is 198 g/mol. The van der Waals surface area contributed by atoms with Gasteiger partial charge in [0.25, 0.3) is 0 Å². The first-order valence-corrected chi connectivity index (χ1v) is 5.35. The summed E-state index contributed by atoms with van der Waals surface area (Å²) in [7, 11) is 0. The Hall–Kier alpha value is -0.610. The van der Waals surface area contributed by atoms with E-state index in [1.54, 1.807) is 0 Å². The van der Waals surface area contributed by atoms with E-state index in [1.807, 2.05) is 0 Å². The standard InChI is InChI=1S/C10H18N2O2/c11-7-10(9(13)14)3-5-12(6-4-10)8-1-2-8/h8H,1-7,11H2,(H,13,14). The molecule has 80 valence electrons. The molecule has 0 aromatic rings. The van der Waals surface area contributed by atoms with Gasteiger partial charge in [0.2, 0.25) is 0 Å². The Bertz CT molecular complexity index is 230. The summed E-state index contributed by atoms with van der Waals surface area (Å²) in [6, 6.07) is 0.750. The van der Waals surface area contributed by atoms with Crippen LogP contribution >= 0.6 is 0 Å². The SMILES string of the molecule is NCC1(C(=O)O)CCN(C2CC2)CC1. The Morgan fingerprint density at radius 2 is 2.00 bits per heavy atom. The van der Waals surface area contributed by atoms with E-state index in [9.17, 15) is 4.79 Å². The van der Waals surface area contributed by atoms with E-state index >= 15 is 0 Å². The van der Waals surface area contributed by atoms with Gasteiger partial charge in [-0.1, -0.05) is 0 Å². The van der Waals surface area contributed by atoms with Crippen molar-refractivity contribution in [1.29, 1.82) is 0 Å². The fourth-order valence-electron chi connectivity index (χ4n) is 2.26. The molecular weight excluding hydrogens is 180 g/mol. The van der Waals surface area contributed by atoms with Crippen molar-refractivity contribution in [2.45, 2.75) is 31.7 Å². The maximum atomic E-state index is 11.1. The number of nitrogens with two attached hydrogens (primary N) is 1. The third-order valence-electron chi connectivity index (χ3n) is 3.66. The topological polar surface area (TPSA) is 66.6 Å². The van der Waals surface area contributed by atoms with E-state index in [-0.39, 0.29) is 6.54 Å². The average molecular weight is 198 g/mol. The zero-order chi connectivity index (χ0) is 10.2. The second-order valence-corrected chi connectivity index (χ2v) is 4.56. The number of hydrogen-bond donors (Lipinski definition) is 2. The molecule has 2 rings (SSSR count). The number of likely N-dealkylation sites (tertiary alicyclic amines) is 1. The van der Waals surface area contributed by atoms with Crippen molar-refractivity contribution >= 4 is 5.97 Å². The lowest BCUT2D eigenvalue weighted by Gasteiger charge is -2.38. The highest BCUT2D eigenvalue weighted by Crippen LogP contribution is 2.36. The minimum absolute atomic E-state index is 0.279. The predicted octanol–water partition coefficient (Wildman–Crippen LogP) is 0.274. The lowest BCUT2D eigenvalue weighted by Crippen LogP contribution is -2.48. The summed E-state index contributed by atoms with van der Waals surface area (Å²) in [4.78, 5) is 13.5. The number of carboxylic acids is 1. The normalized spacial score (nSPS) is 27.5. The van der Waals surface area contributed by atoms with Crippen LogP contribution in [0.1, 0.15) is 25.7 Å². The molecule has 0 bridgehead atoms. The quantitative estimate of drug-likeness (QED) is 0.683. The molecule has 14 heavy (non-hydrogen) atoms. The van der Waals surface area contributed by atoms with Crippen LogP contribution in [-0.4, -0.2) is 41.7 Å². The smallest absolute Gasteiger partial charge is 0.311 e. The second-order valence-electron chi connectivity index (χ2n) is 4.56. The van der Waals surface area contributed by atoms with E-state index in [0.29, 0.717) is 0 Å². The van der Waals surface area contributed by atoms with Crippen molar-refractivity contribution in [1.82, 2.24) is 4.90 Å². The fraction of sp³-hybridized carbons (Fsp3) is 0.900. The van der Waals surface area contributed by atoms with Gasteiger partial charge in [0.15, 0.2) is 0 Å². The van der Waals surface area contributed by atoms with E-state index < -0.39 is 11.4 Å². The Balaban J connectivity index is 1.94. The third-order valence-corrected chi connectivity index (χ3v) is 3.66. The molecule has 1 aliphatic heterocycles. The largest absolute Gasteiger partial charge is 0.481 e. The van der Waals surface area contributed by atoms with Gasteiger partial charge in [-0.15, -0.1) is 0 Å². The summed E-state index contributed by atoms with van der Waals surface area (Å²) in [5, 5.41) is 9.13. The van der Waals surface area contributed by atoms with Gasteiger partial charge in [-0.3, -0.25) is 4.79 Å². The van der Waals surface area contributed by atoms with Crippen molar-refractivity contribution < 1.29 is 9.90 Å². The van der Waals surface area contributed by atoms with Crippen LogP contribution in [0.5, 0.6) is 0 Å². The van der Waals surface area contributed by atoms with Gasteiger partial charge in [0, 0.05) is 12.6 Å². The van der Waals surface area contributed by atoms with Crippen LogP contribution < -0.4 is 5.73 Å². The highest BCUT2D eigenvalue weighted by atomic mass is 16.4. The molecule has 4 heteroatoms. The number of nitrogens with zero attached hydrogens (tertiary/aromatic N) is 1. The molecule has 0 radical (unpaired) electrons. The Labute approximate surface area is 84.1 Å². The van der Waals surface area contributed by atoms with Crippen molar-refractivity contribution in [3.63, 3.8) is 0 Å². The van der Waals surface area contributed by atoms with Gasteiger partial charge >= 0.3 is 5.97 Å². The van der Waals surface area contributed by atoms with E-state index in [0.717, 1.165) is 32.0 Å². The first-order chi connectivity index (χ1) is 6.68. The summed E-state index contributed by atoms with van der Waals surface area (Å²) in [5.41, 5.74) is 4.94. The number of hydrogen-bond acceptors (Lipinski definition) is 3. The summed E-state index contributed by atoms with van der Waals surface area (Å²) in [6.07, 6.45) is 4.02. The van der Waals surface area contributed by atoms with Gasteiger partial charge in [0.05, 0.1) is 5.41 Å². The van der Waals surface area contributed by atoms with Crippen molar-refractivity contribution in [2.75, 3.05) is 19.6 Å². The fourth-order valence-corrected chi connectivity index (χ4v) is 2.26. The summed E-state index contributed by atoms with van der Waals surface area (Å²) >= 11 is 0. The Morgan fingerprint density at radius 3 is 2.36 bits per heavy atom. The van der Waals surface area contributed by atoms with Crippen LogP contribution in [0.4, 0.5) is 0 Å². The molecule has 1 aliphatic carbocycles. The van der Waals surface area contributed by atoms with Gasteiger partial charge < -0.3 is 15.7 Å². The Kier molecular flexibility index (Phi) is 2.49. The van der Waals surface area contributed by atoms with Crippen molar-refractivity contribution in [3.8, 4) is 0 Å². The van der Waals surface area contributed by atoms with Crippen LogP contribution in [0, 0.1) is 5.41 Å². The zero-order valence-electron chi connectivity index (χ0n) is 8.41. The predicted molar refractivity (Wildman–Crippen MR) is 53.0 cm³/mol. The highest BCUT2D eigenvalue weighted by molar-refractivity contribution is 5.75. The molecule has 1 heterocycles. The number of aliphatic carboxylic acids is 1. The molecule has 0 spiro atoms. The summed E-state index contributed by atoms with van der Waals surface area (Å²) < 4.78 is 0. The number of rotatable bonds is 3. The molecule has 2 fully saturated rings. The highest BCUT2D eigenvalue weighted by Gasteiger charge is 2.43. The summed E-state index contributed by atoms with van der Waals surface area (Å²) in [5.74, 6) is -0.713. The number of carboxylic acid groups (broad SMARTS) is 1. The van der Waals surface area contributed by atoms with Gasteiger partial charge in [-0.2, -0.15) is 0 Å². The Morgan fingerprint density at radius 1 is 1.43 bits per heavy atom. The van der Waals surface area contributed by atoms with Crippen LogP contribution in [0.2, 0.25) is 0 Å². The zero-order valence-corrected chi connectivity index (χ0v) is 8.41. The second kappa shape index (κ2) is 3.51. The van der Waals surface area contributed by atoms with Crippen LogP contribution in [0.3, 0.4) is 0 Å². The van der Waals surface area contributed by atoms with E-state index in [1.165, 1.54) is 12.8 Å². The van der Waals surface area contributed by atoms with Crippen molar-refractivity contribution in [2.24, 2.45) is 11.1 Å². The van der Waals surface area contributed by atoms with Crippen molar-refractivity contribution in [3.05, 3.63) is 0 Å². The van der Waals surface area contributed by atoms with E-state index in [2.05, 4.69) is 4.90 Å². The molecule has 4 nitrogen and oxygen atoms in total. The van der Waals surface area contributed by atoms with Crippen LogP contribution in [0.15, 0.2) is 0 Å². The summed E-state index contributed by atoms with van der Waals surface area (Å²) in [6.45, 7) is 2.10. The molecular formula is C10H18N2O2. The van der Waals surface area contributed by atoms with Gasteiger partial charge in [0.1, 0.15) is 0 Å². The third kappa shape index (κ3) is 1.64.